The number of nitrogens with zero attached hydrogens (tertiary/aromatic N) is 1. The quantitative estimate of drug-likeness (QED) is 0.382. The van der Waals surface area contributed by atoms with Crippen molar-refractivity contribution in [2.45, 2.75) is 38.0 Å². The Kier molecular flexibility index (Phi) is 5.22. The van der Waals surface area contributed by atoms with Crippen molar-refractivity contribution in [1.82, 2.24) is 0 Å². The third-order valence-electron chi connectivity index (χ3n) is 4.49. The Morgan fingerprint density at radius 2 is 2.00 bits per heavy atom. The largest absolute Gasteiger partial charge is 0.645 e. The van der Waals surface area contributed by atoms with Crippen molar-refractivity contribution in [2.75, 3.05) is 0 Å². The molecule has 1 amide bonds. The molecule has 0 aromatic rings. The SMILES string of the molecule is CC1C2=CC(=O)O[C@H]2[C@@H](O)C2(CC(=O)[N-]2)C1C.[W].[Y]. The molecule has 19 heavy (non-hydrogen) atoms. The summed E-state index contributed by atoms with van der Waals surface area (Å²) in [6.07, 6.45) is 0.193. The summed E-state index contributed by atoms with van der Waals surface area (Å²) >= 11 is 0. The van der Waals surface area contributed by atoms with E-state index < -0.39 is 23.7 Å². The summed E-state index contributed by atoms with van der Waals surface area (Å²) in [6.45, 7) is 3.95. The predicted molar refractivity (Wildman–Crippen MR) is 58.0 cm³/mol. The Balaban J connectivity index is 0.000000902. The van der Waals surface area contributed by atoms with Crippen molar-refractivity contribution >= 4 is 11.9 Å². The first-order chi connectivity index (χ1) is 7.95. The van der Waals surface area contributed by atoms with E-state index in [2.05, 4.69) is 5.32 Å². The van der Waals surface area contributed by atoms with Crippen molar-refractivity contribution in [2.24, 2.45) is 11.8 Å². The standard InChI is InChI=1S/C12H15NO4.W.Y/c1-5-6(2)12(4-8(14)13-12)11(16)10-7(5)3-9(15)17-10;;/h3,5-6,10-11,16H,4H2,1-2H3,(H,13,14);;/p-1/t5?,6?,10-,11-,12?;;/m1../s1. The minimum atomic E-state index is -0.899. The Morgan fingerprint density at radius 1 is 1.42 bits per heavy atom. The number of ether oxygens (including phenoxy) is 1. The molecule has 1 N–H and O–H groups in total. The topological polar surface area (TPSA) is 77.7 Å². The molecule has 0 aromatic carbocycles. The number of aliphatic hydroxyl groups is 1. The van der Waals surface area contributed by atoms with Crippen LogP contribution in [-0.4, -0.2) is 34.7 Å². The van der Waals surface area contributed by atoms with Gasteiger partial charge in [-0.2, -0.15) is 0 Å². The summed E-state index contributed by atoms with van der Waals surface area (Å²) < 4.78 is 5.11. The number of hydrogen-bond acceptors (Lipinski definition) is 4. The maximum atomic E-state index is 11.3. The molecular weight excluding hydrogens is 495 g/mol. The zero-order valence-electron chi connectivity index (χ0n) is 10.7. The van der Waals surface area contributed by atoms with Crippen LogP contribution < -0.4 is 0 Å². The third kappa shape index (κ3) is 2.31. The van der Waals surface area contributed by atoms with E-state index >= 15 is 0 Å². The van der Waals surface area contributed by atoms with E-state index in [0.717, 1.165) is 5.57 Å². The second-order valence-electron chi connectivity index (χ2n) is 5.20. The van der Waals surface area contributed by atoms with Gasteiger partial charge < -0.3 is 20.0 Å². The maximum absolute atomic E-state index is 11.3. The van der Waals surface area contributed by atoms with Crippen LogP contribution >= 0.6 is 0 Å². The van der Waals surface area contributed by atoms with Crippen LogP contribution in [0.15, 0.2) is 11.6 Å². The molecule has 1 saturated heterocycles. The van der Waals surface area contributed by atoms with E-state index in [1.54, 1.807) is 0 Å². The first-order valence-electron chi connectivity index (χ1n) is 5.81. The van der Waals surface area contributed by atoms with Gasteiger partial charge in [0.05, 0.1) is 12.0 Å². The molecule has 1 aliphatic carbocycles. The molecule has 2 fully saturated rings. The number of carbonyl (C=O) groups excluding carboxylic acids is 2. The Hall–Kier alpha value is 0.432. The van der Waals surface area contributed by atoms with Crippen LogP contribution in [0.5, 0.6) is 0 Å². The van der Waals surface area contributed by atoms with Crippen LogP contribution in [0.1, 0.15) is 20.3 Å². The van der Waals surface area contributed by atoms with Crippen LogP contribution in [-0.2, 0) is 68.1 Å². The van der Waals surface area contributed by atoms with Gasteiger partial charge >= 0.3 is 5.97 Å². The molecule has 7 heteroatoms. The summed E-state index contributed by atoms with van der Waals surface area (Å²) in [6, 6.07) is 0. The van der Waals surface area contributed by atoms with Crippen LogP contribution in [0.3, 0.4) is 0 Å². The van der Waals surface area contributed by atoms with Gasteiger partial charge in [0.15, 0.2) is 0 Å². The van der Waals surface area contributed by atoms with Crippen molar-refractivity contribution in [1.29, 1.82) is 0 Å². The summed E-state index contributed by atoms with van der Waals surface area (Å²) in [5, 5.41) is 14.3. The van der Waals surface area contributed by atoms with Gasteiger partial charge in [-0.15, -0.1) is 0 Å². The van der Waals surface area contributed by atoms with E-state index in [-0.39, 0.29) is 77.9 Å². The molecule has 1 radical (unpaired) electrons. The molecule has 3 aliphatic rings. The second-order valence-corrected chi connectivity index (χ2v) is 5.20. The zero-order valence-corrected chi connectivity index (χ0v) is 16.5. The molecule has 101 valence electrons. The van der Waals surface area contributed by atoms with Gasteiger partial charge in [-0.1, -0.05) is 19.4 Å². The molecule has 1 spiro atoms. The molecule has 3 unspecified atom stereocenters. The third-order valence-corrected chi connectivity index (χ3v) is 4.49. The Bertz CT molecular complexity index is 445. The summed E-state index contributed by atoms with van der Waals surface area (Å²) in [7, 11) is 0. The fraction of sp³-hybridized carbons (Fsp3) is 0.667. The first-order valence-corrected chi connectivity index (χ1v) is 5.81. The van der Waals surface area contributed by atoms with Crippen LogP contribution in [0.4, 0.5) is 0 Å². The molecule has 2 aliphatic heterocycles. The molecule has 3 rings (SSSR count). The number of rotatable bonds is 0. The van der Waals surface area contributed by atoms with Gasteiger partial charge in [0, 0.05) is 59.9 Å². The predicted octanol–water partition coefficient (Wildman–Crippen LogP) is 0.523. The monoisotopic (exact) mass is 509 g/mol. The van der Waals surface area contributed by atoms with E-state index in [1.807, 2.05) is 13.8 Å². The van der Waals surface area contributed by atoms with Crippen LogP contribution in [0.2, 0.25) is 0 Å². The summed E-state index contributed by atoms with van der Waals surface area (Å²) in [4.78, 5) is 22.4. The van der Waals surface area contributed by atoms with Gasteiger partial charge in [-0.3, -0.25) is 0 Å². The number of hydrogen-bond donors (Lipinski definition) is 1. The van der Waals surface area contributed by atoms with E-state index in [1.165, 1.54) is 6.08 Å². The number of fused-ring (bicyclic) bond motifs is 1. The summed E-state index contributed by atoms with van der Waals surface area (Å²) in [5.41, 5.74) is 0.0820. The molecular formula is C12H14NO4WY-. The average molecular weight is 509 g/mol. The average Bonchev–Trinajstić information content (AvgIpc) is 2.62. The van der Waals surface area contributed by atoms with Crippen LogP contribution in [0, 0.1) is 11.8 Å². The first kappa shape index (κ1) is 17.5. The molecule has 0 bridgehead atoms. The van der Waals surface area contributed by atoms with Crippen molar-refractivity contribution < 1.29 is 73.2 Å². The van der Waals surface area contributed by atoms with Crippen LogP contribution in [0.25, 0.3) is 5.32 Å². The second kappa shape index (κ2) is 5.67. The fourth-order valence-corrected chi connectivity index (χ4v) is 3.23. The number of esters is 1. The number of aliphatic hydroxyl groups excluding tert-OH is 1. The molecule has 5 atom stereocenters. The minimum Gasteiger partial charge on any atom is -0.645 e. The zero-order chi connectivity index (χ0) is 12.4. The van der Waals surface area contributed by atoms with Gasteiger partial charge in [0.25, 0.3) is 0 Å². The number of carbonyl (C=O) groups is 2. The summed E-state index contributed by atoms with van der Waals surface area (Å²) in [5.74, 6) is -0.468. The van der Waals surface area contributed by atoms with Crippen molar-refractivity contribution in [3.8, 4) is 0 Å². The number of amides is 1. The molecule has 0 aromatic heterocycles. The van der Waals surface area contributed by atoms with Crippen molar-refractivity contribution in [3.63, 3.8) is 0 Å². The number of β-lactam (4-membered cyclic amide) rings is 1. The van der Waals surface area contributed by atoms with Gasteiger partial charge in [0.2, 0.25) is 0 Å². The Morgan fingerprint density at radius 3 is 2.53 bits per heavy atom. The molecule has 1 saturated carbocycles. The molecule has 2 heterocycles. The maximum Gasteiger partial charge on any atom is 0.331 e. The van der Waals surface area contributed by atoms with E-state index in [0.29, 0.717) is 0 Å². The smallest absolute Gasteiger partial charge is 0.331 e. The van der Waals surface area contributed by atoms with E-state index in [9.17, 15) is 14.7 Å². The van der Waals surface area contributed by atoms with Gasteiger partial charge in [0.1, 0.15) is 6.10 Å². The normalized spacial score (nSPS) is 43.0. The van der Waals surface area contributed by atoms with Gasteiger partial charge in [-0.25, -0.2) is 4.79 Å². The minimum absolute atomic E-state index is 0. The van der Waals surface area contributed by atoms with Gasteiger partial charge in [-0.05, 0) is 23.8 Å². The fourth-order valence-electron chi connectivity index (χ4n) is 3.23. The molecule has 5 nitrogen and oxygen atoms in total. The Labute approximate surface area is 151 Å². The van der Waals surface area contributed by atoms with E-state index in [4.69, 9.17) is 4.74 Å². The van der Waals surface area contributed by atoms with Crippen molar-refractivity contribution in [3.05, 3.63) is 17.0 Å².